The minimum atomic E-state index is 0.308. The Balaban J connectivity index is 1.88. The Morgan fingerprint density at radius 3 is 2.18 bits per heavy atom. The third-order valence-corrected chi connectivity index (χ3v) is 4.81. The molecule has 0 amide bonds. The highest BCUT2D eigenvalue weighted by molar-refractivity contribution is 5.53. The summed E-state index contributed by atoms with van der Waals surface area (Å²) in [5.41, 5.74) is 0. The predicted molar refractivity (Wildman–Crippen MR) is 71.0 cm³/mol. The summed E-state index contributed by atoms with van der Waals surface area (Å²) in [6, 6.07) is 1.19. The number of carbonyl (C=O) groups excluding carboxylic acids is 1. The predicted octanol–water partition coefficient (Wildman–Crippen LogP) is 3.25. The van der Waals surface area contributed by atoms with Crippen LogP contribution < -0.4 is 0 Å². The van der Waals surface area contributed by atoms with Gasteiger partial charge in [0.25, 0.3) is 0 Å². The number of likely N-dealkylation sites (tertiary alicyclic amines) is 1. The van der Waals surface area contributed by atoms with E-state index in [0.717, 1.165) is 18.8 Å². The van der Waals surface area contributed by atoms with Crippen LogP contribution in [0.25, 0.3) is 0 Å². The minimum absolute atomic E-state index is 0.308. The van der Waals surface area contributed by atoms with Gasteiger partial charge in [-0.2, -0.15) is 0 Å². The molecule has 2 atom stereocenters. The van der Waals surface area contributed by atoms with Crippen LogP contribution in [0.4, 0.5) is 0 Å². The number of rotatable bonds is 3. The SMILES string of the molecule is C[C@H]1CC(C=O)C[C@H](C)N1CC1CCCCC1. The maximum Gasteiger partial charge on any atom is 0.123 e. The van der Waals surface area contributed by atoms with E-state index in [2.05, 4.69) is 18.7 Å². The number of nitrogens with zero attached hydrogens (tertiary/aromatic N) is 1. The van der Waals surface area contributed by atoms with E-state index in [0.29, 0.717) is 18.0 Å². The maximum atomic E-state index is 10.9. The van der Waals surface area contributed by atoms with E-state index in [1.807, 2.05) is 0 Å². The van der Waals surface area contributed by atoms with E-state index in [1.54, 1.807) is 0 Å². The van der Waals surface area contributed by atoms with Crippen molar-refractivity contribution < 1.29 is 4.79 Å². The maximum absolute atomic E-state index is 10.9. The first kappa shape index (κ1) is 13.1. The second-order valence-electron chi connectivity index (χ2n) is 6.27. The van der Waals surface area contributed by atoms with Crippen molar-refractivity contribution in [3.63, 3.8) is 0 Å². The molecule has 0 N–H and O–H groups in total. The smallest absolute Gasteiger partial charge is 0.123 e. The van der Waals surface area contributed by atoms with Gasteiger partial charge < -0.3 is 4.79 Å². The highest BCUT2D eigenvalue weighted by Gasteiger charge is 2.32. The van der Waals surface area contributed by atoms with Crippen LogP contribution in [0.2, 0.25) is 0 Å². The molecule has 0 aromatic rings. The molecule has 1 aliphatic carbocycles. The first-order valence-corrected chi connectivity index (χ1v) is 7.41. The van der Waals surface area contributed by atoms with Gasteiger partial charge in [0.15, 0.2) is 0 Å². The summed E-state index contributed by atoms with van der Waals surface area (Å²) in [6.07, 6.45) is 10.5. The molecule has 0 aromatic carbocycles. The largest absolute Gasteiger partial charge is 0.303 e. The molecule has 2 aliphatic rings. The van der Waals surface area contributed by atoms with Gasteiger partial charge in [-0.1, -0.05) is 19.3 Å². The van der Waals surface area contributed by atoms with Crippen molar-refractivity contribution in [2.45, 2.75) is 70.9 Å². The van der Waals surface area contributed by atoms with Crippen LogP contribution in [-0.2, 0) is 4.79 Å². The molecule has 0 bridgehead atoms. The van der Waals surface area contributed by atoms with Gasteiger partial charge >= 0.3 is 0 Å². The van der Waals surface area contributed by atoms with Crippen LogP contribution in [0.1, 0.15) is 58.8 Å². The number of aldehydes is 1. The summed E-state index contributed by atoms with van der Waals surface area (Å²) < 4.78 is 0. The average Bonchev–Trinajstić information content (AvgIpc) is 2.35. The molecule has 1 saturated carbocycles. The number of hydrogen-bond acceptors (Lipinski definition) is 2. The lowest BCUT2D eigenvalue weighted by molar-refractivity contribution is -0.113. The van der Waals surface area contributed by atoms with Gasteiger partial charge in [0, 0.05) is 24.5 Å². The Bertz CT molecular complexity index is 235. The van der Waals surface area contributed by atoms with Gasteiger partial charge in [0.2, 0.25) is 0 Å². The summed E-state index contributed by atoms with van der Waals surface area (Å²) in [4.78, 5) is 13.6. The molecule has 1 saturated heterocycles. The third-order valence-electron chi connectivity index (χ3n) is 4.81. The lowest BCUT2D eigenvalue weighted by Gasteiger charge is -2.43. The van der Waals surface area contributed by atoms with Gasteiger partial charge in [-0.25, -0.2) is 0 Å². The van der Waals surface area contributed by atoms with E-state index in [1.165, 1.54) is 44.9 Å². The average molecular weight is 237 g/mol. The van der Waals surface area contributed by atoms with Crippen LogP contribution in [-0.4, -0.2) is 29.8 Å². The van der Waals surface area contributed by atoms with Crippen LogP contribution in [0, 0.1) is 11.8 Å². The van der Waals surface area contributed by atoms with Crippen molar-refractivity contribution in [3.8, 4) is 0 Å². The van der Waals surface area contributed by atoms with Gasteiger partial charge in [0.05, 0.1) is 0 Å². The lowest BCUT2D eigenvalue weighted by Crippen LogP contribution is -2.49. The second-order valence-corrected chi connectivity index (χ2v) is 6.27. The molecular weight excluding hydrogens is 210 g/mol. The van der Waals surface area contributed by atoms with Crippen LogP contribution in [0.3, 0.4) is 0 Å². The van der Waals surface area contributed by atoms with Crippen molar-refractivity contribution in [1.29, 1.82) is 0 Å². The van der Waals surface area contributed by atoms with Crippen LogP contribution >= 0.6 is 0 Å². The Hall–Kier alpha value is -0.370. The quantitative estimate of drug-likeness (QED) is 0.702. The number of hydrogen-bond donors (Lipinski definition) is 0. The first-order chi connectivity index (χ1) is 8.20. The molecule has 1 aliphatic heterocycles. The molecule has 2 rings (SSSR count). The summed E-state index contributed by atoms with van der Waals surface area (Å²) >= 11 is 0. The molecule has 0 radical (unpaired) electrons. The molecular formula is C15H27NO. The van der Waals surface area contributed by atoms with Crippen molar-refractivity contribution >= 4 is 6.29 Å². The molecule has 1 heterocycles. The molecule has 2 fully saturated rings. The highest BCUT2D eigenvalue weighted by atomic mass is 16.1. The standard InChI is InChI=1S/C15H27NO/c1-12-8-15(11-17)9-13(2)16(12)10-14-6-4-3-5-7-14/h11-15H,3-10H2,1-2H3/t12-,13-/m0/s1. The summed E-state index contributed by atoms with van der Waals surface area (Å²) in [7, 11) is 0. The Morgan fingerprint density at radius 1 is 1.06 bits per heavy atom. The molecule has 2 heteroatoms. The van der Waals surface area contributed by atoms with E-state index >= 15 is 0 Å². The van der Waals surface area contributed by atoms with Crippen molar-refractivity contribution in [2.75, 3.05) is 6.54 Å². The zero-order valence-corrected chi connectivity index (χ0v) is 11.4. The van der Waals surface area contributed by atoms with Gasteiger partial charge in [-0.05, 0) is 45.4 Å². The fourth-order valence-corrected chi connectivity index (χ4v) is 3.82. The Morgan fingerprint density at radius 2 is 1.65 bits per heavy atom. The lowest BCUT2D eigenvalue weighted by atomic mass is 9.84. The molecule has 0 spiro atoms. The van der Waals surface area contributed by atoms with E-state index in [4.69, 9.17) is 0 Å². The Labute approximate surface area is 106 Å². The topological polar surface area (TPSA) is 20.3 Å². The third kappa shape index (κ3) is 3.31. The summed E-state index contributed by atoms with van der Waals surface area (Å²) in [6.45, 7) is 5.87. The molecule has 0 aromatic heterocycles. The summed E-state index contributed by atoms with van der Waals surface area (Å²) in [5.74, 6) is 1.23. The van der Waals surface area contributed by atoms with Gasteiger partial charge in [-0.15, -0.1) is 0 Å². The zero-order valence-electron chi connectivity index (χ0n) is 11.4. The molecule has 2 nitrogen and oxygen atoms in total. The summed E-state index contributed by atoms with van der Waals surface area (Å²) in [5, 5.41) is 0. The Kier molecular flexibility index (Phi) is 4.61. The highest BCUT2D eigenvalue weighted by Crippen LogP contribution is 2.31. The van der Waals surface area contributed by atoms with Gasteiger partial charge in [0.1, 0.15) is 6.29 Å². The van der Waals surface area contributed by atoms with Crippen molar-refractivity contribution in [2.24, 2.45) is 11.8 Å². The normalized spacial score (nSPS) is 36.9. The fraction of sp³-hybridized carbons (Fsp3) is 0.933. The monoisotopic (exact) mass is 237 g/mol. The molecule has 98 valence electrons. The van der Waals surface area contributed by atoms with Crippen LogP contribution in [0.5, 0.6) is 0 Å². The minimum Gasteiger partial charge on any atom is -0.303 e. The van der Waals surface area contributed by atoms with Crippen molar-refractivity contribution in [1.82, 2.24) is 4.90 Å². The van der Waals surface area contributed by atoms with E-state index in [9.17, 15) is 4.79 Å². The fourth-order valence-electron chi connectivity index (χ4n) is 3.82. The zero-order chi connectivity index (χ0) is 12.3. The van der Waals surface area contributed by atoms with E-state index in [-0.39, 0.29) is 0 Å². The molecule has 0 unspecified atom stereocenters. The van der Waals surface area contributed by atoms with Crippen molar-refractivity contribution in [3.05, 3.63) is 0 Å². The first-order valence-electron chi connectivity index (χ1n) is 7.41. The second kappa shape index (κ2) is 5.99. The van der Waals surface area contributed by atoms with E-state index < -0.39 is 0 Å². The number of carbonyl (C=O) groups is 1. The van der Waals surface area contributed by atoms with Crippen LogP contribution in [0.15, 0.2) is 0 Å². The number of piperidine rings is 1. The molecule has 17 heavy (non-hydrogen) atoms. The van der Waals surface area contributed by atoms with Gasteiger partial charge in [-0.3, -0.25) is 4.90 Å².